The third-order valence-corrected chi connectivity index (χ3v) is 3.17. The molecule has 3 atom stereocenters. The average molecular weight is 239 g/mol. The molecule has 1 heterocycles. The van der Waals surface area contributed by atoms with Crippen LogP contribution in [-0.4, -0.2) is 48.7 Å². The van der Waals surface area contributed by atoms with E-state index in [0.29, 0.717) is 19.7 Å². The zero-order chi connectivity index (χ0) is 12.8. The average Bonchev–Trinajstić information content (AvgIpc) is 2.37. The van der Waals surface area contributed by atoms with E-state index in [0.717, 1.165) is 6.42 Å². The summed E-state index contributed by atoms with van der Waals surface area (Å²) in [5.74, 6) is 0.0259. The molecule has 1 amide bonds. The number of nitrogens with zero attached hydrogens (tertiary/aromatic N) is 2. The Balaban J connectivity index is 2.48. The van der Waals surface area contributed by atoms with Crippen molar-refractivity contribution in [2.75, 3.05) is 19.7 Å². The second-order valence-corrected chi connectivity index (χ2v) is 4.48. The van der Waals surface area contributed by atoms with Gasteiger partial charge in [-0.2, -0.15) is 5.26 Å². The number of ether oxygens (including phenoxy) is 1. The fraction of sp³-hybridized carbons (Fsp3) is 0.833. The van der Waals surface area contributed by atoms with E-state index in [9.17, 15) is 4.79 Å². The van der Waals surface area contributed by atoms with E-state index in [1.165, 1.54) is 0 Å². The van der Waals surface area contributed by atoms with E-state index in [4.69, 9.17) is 10.00 Å². The van der Waals surface area contributed by atoms with Gasteiger partial charge in [0.25, 0.3) is 0 Å². The molecule has 0 saturated carbocycles. The maximum absolute atomic E-state index is 11.9. The van der Waals surface area contributed by atoms with Gasteiger partial charge in [0, 0.05) is 19.1 Å². The highest BCUT2D eigenvalue weighted by atomic mass is 16.5. The Labute approximate surface area is 103 Å². The van der Waals surface area contributed by atoms with Gasteiger partial charge in [-0.05, 0) is 20.3 Å². The normalized spacial score (nSPS) is 24.7. The number of carbonyl (C=O) groups excluding carboxylic acids is 1. The summed E-state index contributed by atoms with van der Waals surface area (Å²) >= 11 is 0. The summed E-state index contributed by atoms with van der Waals surface area (Å²) in [5.41, 5.74) is 0. The first-order chi connectivity index (χ1) is 8.08. The molecule has 1 fully saturated rings. The molecule has 1 rings (SSSR count). The molecule has 17 heavy (non-hydrogen) atoms. The number of hydrogen-bond donors (Lipinski definition) is 1. The fourth-order valence-electron chi connectivity index (χ4n) is 1.73. The molecule has 5 nitrogen and oxygen atoms in total. The van der Waals surface area contributed by atoms with E-state index in [1.54, 1.807) is 0 Å². The van der Waals surface area contributed by atoms with Gasteiger partial charge in [-0.15, -0.1) is 0 Å². The van der Waals surface area contributed by atoms with Gasteiger partial charge in [0.1, 0.15) is 0 Å². The number of rotatable bonds is 4. The second kappa shape index (κ2) is 6.58. The van der Waals surface area contributed by atoms with E-state index in [1.807, 2.05) is 25.7 Å². The van der Waals surface area contributed by atoms with Gasteiger partial charge < -0.3 is 10.1 Å². The van der Waals surface area contributed by atoms with Crippen LogP contribution in [0.2, 0.25) is 0 Å². The third kappa shape index (κ3) is 3.99. The fourth-order valence-corrected chi connectivity index (χ4v) is 1.73. The lowest BCUT2D eigenvalue weighted by molar-refractivity contribution is -0.128. The molecule has 3 unspecified atom stereocenters. The van der Waals surface area contributed by atoms with Gasteiger partial charge in [-0.3, -0.25) is 9.69 Å². The summed E-state index contributed by atoms with van der Waals surface area (Å²) in [6.07, 6.45) is 0.505. The predicted molar refractivity (Wildman–Crippen MR) is 64.3 cm³/mol. The summed E-state index contributed by atoms with van der Waals surface area (Å²) in [7, 11) is 0. The van der Waals surface area contributed by atoms with Crippen LogP contribution in [0.5, 0.6) is 0 Å². The van der Waals surface area contributed by atoms with Crippen LogP contribution < -0.4 is 5.32 Å². The maximum Gasteiger partial charge on any atom is 0.237 e. The summed E-state index contributed by atoms with van der Waals surface area (Å²) in [6, 6.07) is 2.07. The minimum Gasteiger partial charge on any atom is -0.361 e. The molecule has 0 aromatic rings. The summed E-state index contributed by atoms with van der Waals surface area (Å²) in [4.78, 5) is 13.9. The van der Waals surface area contributed by atoms with Crippen molar-refractivity contribution in [2.45, 2.75) is 45.4 Å². The minimum atomic E-state index is -0.414. The second-order valence-electron chi connectivity index (χ2n) is 4.48. The number of morpholine rings is 1. The molecule has 0 bridgehead atoms. The highest BCUT2D eigenvalue weighted by Crippen LogP contribution is 2.09. The highest BCUT2D eigenvalue weighted by molar-refractivity contribution is 5.81. The van der Waals surface area contributed by atoms with Crippen molar-refractivity contribution in [3.63, 3.8) is 0 Å². The molecule has 5 heteroatoms. The first-order valence-electron chi connectivity index (χ1n) is 6.14. The number of amides is 1. The first kappa shape index (κ1) is 13.9. The summed E-state index contributed by atoms with van der Waals surface area (Å²) in [6.45, 7) is 7.62. The topological polar surface area (TPSA) is 65.4 Å². The quantitative estimate of drug-likeness (QED) is 0.776. The molecule has 1 aliphatic rings. The first-order valence-corrected chi connectivity index (χ1v) is 6.14. The standard InChI is InChI=1S/C12H21N3O2/c1-4-9(2)14-12(16)10(3)15-5-6-17-11(7-13)8-15/h9-11H,4-6,8H2,1-3H3,(H,14,16). The molecule has 0 aliphatic carbocycles. The summed E-state index contributed by atoms with van der Waals surface area (Å²) in [5, 5.41) is 11.8. The maximum atomic E-state index is 11.9. The van der Waals surface area contributed by atoms with E-state index >= 15 is 0 Å². The lowest BCUT2D eigenvalue weighted by Crippen LogP contribution is -2.53. The molecule has 0 radical (unpaired) electrons. The molecule has 0 aromatic carbocycles. The van der Waals surface area contributed by atoms with Crippen molar-refractivity contribution < 1.29 is 9.53 Å². The number of carbonyl (C=O) groups is 1. The van der Waals surface area contributed by atoms with Crippen LogP contribution in [0, 0.1) is 11.3 Å². The van der Waals surface area contributed by atoms with Gasteiger partial charge in [-0.25, -0.2) is 0 Å². The largest absolute Gasteiger partial charge is 0.361 e. The van der Waals surface area contributed by atoms with Crippen LogP contribution in [0.4, 0.5) is 0 Å². The zero-order valence-electron chi connectivity index (χ0n) is 10.8. The van der Waals surface area contributed by atoms with Crippen LogP contribution in [0.3, 0.4) is 0 Å². The monoisotopic (exact) mass is 239 g/mol. The van der Waals surface area contributed by atoms with E-state index in [2.05, 4.69) is 11.4 Å². The molecular weight excluding hydrogens is 218 g/mol. The van der Waals surface area contributed by atoms with E-state index in [-0.39, 0.29) is 18.0 Å². The molecule has 0 spiro atoms. The molecule has 1 saturated heterocycles. The Morgan fingerprint density at radius 2 is 2.35 bits per heavy atom. The van der Waals surface area contributed by atoms with Crippen molar-refractivity contribution in [1.82, 2.24) is 10.2 Å². The van der Waals surface area contributed by atoms with Crippen LogP contribution in [-0.2, 0) is 9.53 Å². The number of nitrogens with one attached hydrogen (secondary N) is 1. The van der Waals surface area contributed by atoms with Crippen molar-refractivity contribution in [1.29, 1.82) is 5.26 Å². The Morgan fingerprint density at radius 1 is 1.65 bits per heavy atom. The molecule has 1 aliphatic heterocycles. The van der Waals surface area contributed by atoms with Gasteiger partial charge in [-0.1, -0.05) is 6.92 Å². The third-order valence-electron chi connectivity index (χ3n) is 3.17. The SMILES string of the molecule is CCC(C)NC(=O)C(C)N1CCOC(C#N)C1. The number of nitriles is 1. The number of hydrogen-bond acceptors (Lipinski definition) is 4. The smallest absolute Gasteiger partial charge is 0.237 e. The van der Waals surface area contributed by atoms with Crippen molar-refractivity contribution in [3.8, 4) is 6.07 Å². The van der Waals surface area contributed by atoms with Crippen LogP contribution >= 0.6 is 0 Å². The van der Waals surface area contributed by atoms with Gasteiger partial charge in [0.2, 0.25) is 5.91 Å². The van der Waals surface area contributed by atoms with Crippen LogP contribution in [0.25, 0.3) is 0 Å². The Kier molecular flexibility index (Phi) is 5.39. The molecular formula is C12H21N3O2. The Bertz CT molecular complexity index is 301. The minimum absolute atomic E-state index is 0.0259. The Morgan fingerprint density at radius 3 is 2.94 bits per heavy atom. The lowest BCUT2D eigenvalue weighted by atomic mass is 10.2. The van der Waals surface area contributed by atoms with Crippen LogP contribution in [0.1, 0.15) is 27.2 Å². The van der Waals surface area contributed by atoms with Crippen molar-refractivity contribution in [2.24, 2.45) is 0 Å². The molecule has 0 aromatic heterocycles. The van der Waals surface area contributed by atoms with Crippen molar-refractivity contribution >= 4 is 5.91 Å². The summed E-state index contributed by atoms with van der Waals surface area (Å²) < 4.78 is 5.26. The zero-order valence-corrected chi connectivity index (χ0v) is 10.8. The molecule has 1 N–H and O–H groups in total. The lowest BCUT2D eigenvalue weighted by Gasteiger charge is -2.34. The van der Waals surface area contributed by atoms with Gasteiger partial charge in [0.05, 0.1) is 18.7 Å². The van der Waals surface area contributed by atoms with Crippen molar-refractivity contribution in [3.05, 3.63) is 0 Å². The highest BCUT2D eigenvalue weighted by Gasteiger charge is 2.27. The Hall–Kier alpha value is -1.12. The van der Waals surface area contributed by atoms with Crippen LogP contribution in [0.15, 0.2) is 0 Å². The van der Waals surface area contributed by atoms with E-state index < -0.39 is 6.10 Å². The van der Waals surface area contributed by atoms with Gasteiger partial charge >= 0.3 is 0 Å². The molecule has 96 valence electrons. The predicted octanol–water partition coefficient (Wildman–Crippen LogP) is 0.514. The van der Waals surface area contributed by atoms with Gasteiger partial charge in [0.15, 0.2) is 6.10 Å².